The molecule has 0 fully saturated rings. The number of carbonyl (C=O) groups is 3. The van der Waals surface area contributed by atoms with Gasteiger partial charge in [0.25, 0.3) is 5.91 Å². The second-order valence-electron chi connectivity index (χ2n) is 9.84. The molecule has 1 heterocycles. The number of amides is 1. The van der Waals surface area contributed by atoms with Gasteiger partial charge in [0.2, 0.25) is 5.78 Å². The molecule has 2 aromatic rings. The summed E-state index contributed by atoms with van der Waals surface area (Å²) in [5.41, 5.74) is 2.90. The first-order chi connectivity index (χ1) is 17.4. The topological polar surface area (TPSA) is 190 Å². The van der Waals surface area contributed by atoms with Crippen LogP contribution in [0.1, 0.15) is 27.9 Å². The first kappa shape index (κ1) is 24.3. The number of hydrogen-bond donors (Lipinski definition) is 5. The highest BCUT2D eigenvalue weighted by atomic mass is 16.3. The zero-order valence-electron chi connectivity index (χ0n) is 20.0. The average molecular weight is 504 g/mol. The number of hydrogen-bond acceptors (Lipinski definition) is 9. The van der Waals surface area contributed by atoms with E-state index in [0.29, 0.717) is 16.8 Å². The second kappa shape index (κ2) is 8.06. The van der Waals surface area contributed by atoms with Gasteiger partial charge in [0.05, 0.1) is 17.2 Å². The van der Waals surface area contributed by atoms with Crippen molar-refractivity contribution < 1.29 is 34.8 Å². The summed E-state index contributed by atoms with van der Waals surface area (Å²) in [5.74, 6) is -6.98. The van der Waals surface area contributed by atoms with Crippen LogP contribution in [0.2, 0.25) is 0 Å². The van der Waals surface area contributed by atoms with Crippen molar-refractivity contribution in [1.82, 2.24) is 9.47 Å². The maximum atomic E-state index is 13.7. The number of likely N-dealkylation sites (N-methyl/N-ethyl adjacent to an activating group) is 1. The van der Waals surface area contributed by atoms with Crippen molar-refractivity contribution in [2.24, 2.45) is 17.6 Å². The number of Topliss-reactive ketones (excluding diaryl/α,β-unsaturated/α-hetero) is 2. The molecule has 11 heteroatoms. The molecule has 0 radical (unpaired) electrons. The number of primary amides is 1. The highest BCUT2D eigenvalue weighted by Crippen LogP contribution is 2.52. The van der Waals surface area contributed by atoms with Gasteiger partial charge in [0.15, 0.2) is 11.4 Å². The van der Waals surface area contributed by atoms with E-state index in [1.165, 1.54) is 11.0 Å². The van der Waals surface area contributed by atoms with Gasteiger partial charge in [-0.2, -0.15) is 5.26 Å². The molecule has 1 aromatic heterocycles. The number of aromatic hydroxyl groups is 1. The Bertz CT molecular complexity index is 1510. The maximum absolute atomic E-state index is 13.7. The van der Waals surface area contributed by atoms with Crippen molar-refractivity contribution in [3.05, 3.63) is 69.9 Å². The molecule has 3 aliphatic rings. The third-order valence-electron chi connectivity index (χ3n) is 7.68. The van der Waals surface area contributed by atoms with Gasteiger partial charge in [-0.3, -0.25) is 19.3 Å². The number of aliphatic hydroxyl groups is 3. The molecule has 0 bridgehead atoms. The number of aromatic nitrogens is 1. The van der Waals surface area contributed by atoms with Gasteiger partial charge >= 0.3 is 0 Å². The monoisotopic (exact) mass is 504 g/mol. The lowest BCUT2D eigenvalue weighted by Crippen LogP contribution is -2.63. The van der Waals surface area contributed by atoms with Crippen LogP contribution in [0.4, 0.5) is 0 Å². The summed E-state index contributed by atoms with van der Waals surface area (Å²) in [5, 5.41) is 53.6. The van der Waals surface area contributed by atoms with E-state index in [4.69, 9.17) is 5.73 Å². The number of allylic oxidation sites excluding steroid dienone is 1. The van der Waals surface area contributed by atoms with E-state index >= 15 is 0 Å². The number of ketones is 2. The largest absolute Gasteiger partial charge is 0.510 e. The molecule has 0 saturated heterocycles. The van der Waals surface area contributed by atoms with Gasteiger partial charge in [-0.1, -0.05) is 0 Å². The molecular formula is C26H24N4O7. The molecule has 6 N–H and O–H groups in total. The molecule has 5 rings (SSSR count). The normalized spacial score (nSPS) is 27.1. The number of aliphatic hydroxyl groups excluding tert-OH is 2. The Labute approximate surface area is 211 Å². The van der Waals surface area contributed by atoms with E-state index in [9.17, 15) is 40.1 Å². The zero-order chi connectivity index (χ0) is 27.0. The lowest BCUT2D eigenvalue weighted by molar-refractivity contribution is -0.148. The van der Waals surface area contributed by atoms with Crippen LogP contribution in [-0.4, -0.2) is 73.1 Å². The first-order valence-corrected chi connectivity index (χ1v) is 11.5. The predicted molar refractivity (Wildman–Crippen MR) is 128 cm³/mol. The van der Waals surface area contributed by atoms with Gasteiger partial charge in [-0.25, -0.2) is 0 Å². The average Bonchev–Trinajstić information content (AvgIpc) is 3.30. The third kappa shape index (κ3) is 3.16. The summed E-state index contributed by atoms with van der Waals surface area (Å²) in [4.78, 5) is 40.6. The fourth-order valence-corrected chi connectivity index (χ4v) is 6.09. The fourth-order valence-electron chi connectivity index (χ4n) is 6.09. The molecule has 37 heavy (non-hydrogen) atoms. The molecule has 1 aromatic carbocycles. The van der Waals surface area contributed by atoms with E-state index < -0.39 is 58.0 Å². The number of fused-ring (bicyclic) bond motifs is 3. The Morgan fingerprint density at radius 3 is 2.51 bits per heavy atom. The summed E-state index contributed by atoms with van der Waals surface area (Å²) in [6, 6.07) is 5.50. The minimum Gasteiger partial charge on any atom is -0.510 e. The number of phenols is 1. The van der Waals surface area contributed by atoms with Crippen LogP contribution in [0.3, 0.4) is 0 Å². The molecule has 3 aliphatic carbocycles. The molecule has 190 valence electrons. The van der Waals surface area contributed by atoms with E-state index in [1.54, 1.807) is 43.2 Å². The number of benzene rings is 1. The smallest absolute Gasteiger partial charge is 0.255 e. The SMILES string of the molecule is CN(C)[C@@H]1C(O)=C(C(N)=O)C(=O)C2(O)C(O)=C3C(=O)c4c(O)ccc(-n5ccc(C#N)c5)c4CC3CC12. The molecule has 0 aliphatic heterocycles. The Kier molecular flexibility index (Phi) is 5.29. The summed E-state index contributed by atoms with van der Waals surface area (Å²) < 4.78 is 1.65. The van der Waals surface area contributed by atoms with Crippen molar-refractivity contribution in [2.45, 2.75) is 24.5 Å². The fraction of sp³-hybridized carbons (Fsp3) is 0.308. The Balaban J connectivity index is 1.72. The highest BCUT2D eigenvalue weighted by Gasteiger charge is 2.63. The van der Waals surface area contributed by atoms with Crippen molar-refractivity contribution >= 4 is 17.5 Å². The van der Waals surface area contributed by atoms with E-state index in [0.717, 1.165) is 0 Å². The van der Waals surface area contributed by atoms with E-state index in [2.05, 4.69) is 0 Å². The lowest BCUT2D eigenvalue weighted by Gasteiger charge is -2.50. The van der Waals surface area contributed by atoms with Crippen LogP contribution >= 0.6 is 0 Å². The third-order valence-corrected chi connectivity index (χ3v) is 7.68. The Morgan fingerprint density at radius 1 is 1.22 bits per heavy atom. The predicted octanol–water partition coefficient (Wildman–Crippen LogP) is 0.783. The minimum absolute atomic E-state index is 0.00399. The van der Waals surface area contributed by atoms with Gasteiger partial charge in [0.1, 0.15) is 28.9 Å². The standard InChI is InChI=1S/C26H24N4O7/c1-29(2)20-14-8-12-7-13-15(30-6-5-11(9-27)10-30)3-4-16(31)18(13)21(32)17(12)23(34)26(14,37)24(35)19(22(20)33)25(28)36/h3-6,10,12,14,20,31,33-34,37H,7-8H2,1-2H3,(H2,28,36)/t12?,14?,20-,26?/m0/s1. The van der Waals surface area contributed by atoms with Gasteiger partial charge in [-0.05, 0) is 56.6 Å². The lowest BCUT2D eigenvalue weighted by atomic mass is 9.58. The Morgan fingerprint density at radius 2 is 1.92 bits per heavy atom. The van der Waals surface area contributed by atoms with Gasteiger partial charge < -0.3 is 30.7 Å². The van der Waals surface area contributed by atoms with Crippen LogP contribution in [0.25, 0.3) is 5.69 Å². The summed E-state index contributed by atoms with van der Waals surface area (Å²) in [6.07, 6.45) is 3.37. The molecule has 1 amide bonds. The summed E-state index contributed by atoms with van der Waals surface area (Å²) in [7, 11) is 3.14. The van der Waals surface area contributed by atoms with Gasteiger partial charge in [0, 0.05) is 29.6 Å². The number of nitriles is 1. The van der Waals surface area contributed by atoms with E-state index in [1.807, 2.05) is 6.07 Å². The van der Waals surface area contributed by atoms with Gasteiger partial charge in [-0.15, -0.1) is 0 Å². The minimum atomic E-state index is -2.68. The molecule has 3 unspecified atom stereocenters. The Hall–Kier alpha value is -4.40. The molecule has 4 atom stereocenters. The van der Waals surface area contributed by atoms with E-state index in [-0.39, 0.29) is 29.7 Å². The second-order valence-corrected chi connectivity index (χ2v) is 9.84. The summed E-state index contributed by atoms with van der Waals surface area (Å²) in [6.45, 7) is 0. The van der Waals surface area contributed by atoms with Crippen molar-refractivity contribution in [3.8, 4) is 17.5 Å². The number of nitrogens with zero attached hydrogens (tertiary/aromatic N) is 3. The molecule has 0 spiro atoms. The maximum Gasteiger partial charge on any atom is 0.255 e. The first-order valence-electron chi connectivity index (χ1n) is 11.5. The molecular weight excluding hydrogens is 480 g/mol. The number of carbonyl (C=O) groups excluding carboxylic acids is 3. The number of nitrogens with two attached hydrogens (primary N) is 1. The van der Waals surface area contributed by atoms with Crippen LogP contribution in [0.15, 0.2) is 53.3 Å². The number of rotatable bonds is 3. The van der Waals surface area contributed by atoms with Crippen LogP contribution in [0, 0.1) is 23.2 Å². The summed E-state index contributed by atoms with van der Waals surface area (Å²) >= 11 is 0. The quantitative estimate of drug-likeness (QED) is 0.376. The van der Waals surface area contributed by atoms with Crippen molar-refractivity contribution in [2.75, 3.05) is 14.1 Å². The van der Waals surface area contributed by atoms with Crippen molar-refractivity contribution in [1.29, 1.82) is 5.26 Å². The highest BCUT2D eigenvalue weighted by molar-refractivity contribution is 6.24. The van der Waals surface area contributed by atoms with Crippen LogP contribution in [0.5, 0.6) is 5.75 Å². The van der Waals surface area contributed by atoms with Crippen LogP contribution < -0.4 is 5.73 Å². The molecule has 11 nitrogen and oxygen atoms in total. The van der Waals surface area contributed by atoms with Crippen LogP contribution in [-0.2, 0) is 16.0 Å². The zero-order valence-corrected chi connectivity index (χ0v) is 20.0. The van der Waals surface area contributed by atoms with Crippen molar-refractivity contribution in [3.63, 3.8) is 0 Å². The number of phenolic OH excluding ortho intramolecular Hbond substituents is 1. The molecule has 0 saturated carbocycles.